The molecule has 0 aromatic heterocycles. The lowest BCUT2D eigenvalue weighted by Crippen LogP contribution is -3.17. The summed E-state index contributed by atoms with van der Waals surface area (Å²) in [6, 6.07) is 0. The molecule has 1 N–H and O–H groups in total. The van der Waals surface area contributed by atoms with Gasteiger partial charge in [0.1, 0.15) is 0 Å². The van der Waals surface area contributed by atoms with E-state index in [1.54, 1.807) is 0 Å². The van der Waals surface area contributed by atoms with Crippen molar-refractivity contribution in [1.29, 1.82) is 0 Å². The van der Waals surface area contributed by atoms with E-state index in [4.69, 9.17) is 13.0 Å². The summed E-state index contributed by atoms with van der Waals surface area (Å²) in [6.07, 6.45) is 0.604. The van der Waals surface area contributed by atoms with Crippen LogP contribution in [0.5, 0.6) is 0 Å². The molecule has 3 heterocycles. The number of nitrogens with one attached hydrogen (secondary N) is 1. The third-order valence-corrected chi connectivity index (χ3v) is 2.34. The molecule has 3 saturated heterocycles. The SMILES string of the molecule is C1C[NH+]2CCN1CC2.CS(=O)(=O)[O-]. The molecule has 2 bridgehead atoms. The molecule has 3 rings (SSSR count). The first-order valence-electron chi connectivity index (χ1n) is 4.42. The van der Waals surface area contributed by atoms with Crippen LogP contribution in [0.15, 0.2) is 0 Å². The smallest absolute Gasteiger partial charge is 0.0916 e. The fourth-order valence-electron chi connectivity index (χ4n) is 1.66. The molecule has 0 aromatic rings. The van der Waals surface area contributed by atoms with E-state index >= 15 is 0 Å². The highest BCUT2D eigenvalue weighted by atomic mass is 32.2. The van der Waals surface area contributed by atoms with Crippen LogP contribution in [0.1, 0.15) is 0 Å². The van der Waals surface area contributed by atoms with Crippen LogP contribution in [0.4, 0.5) is 0 Å². The molecule has 3 fully saturated rings. The van der Waals surface area contributed by atoms with E-state index in [9.17, 15) is 0 Å². The highest BCUT2D eigenvalue weighted by Gasteiger charge is 2.25. The van der Waals surface area contributed by atoms with Crippen LogP contribution < -0.4 is 4.90 Å². The second kappa shape index (κ2) is 4.36. The quantitative estimate of drug-likeness (QED) is 0.442. The Morgan fingerprint density at radius 2 is 1.46 bits per heavy atom. The maximum absolute atomic E-state index is 9.08. The lowest BCUT2D eigenvalue weighted by Gasteiger charge is -2.38. The number of hydrogen-bond acceptors (Lipinski definition) is 4. The average Bonchev–Trinajstić information content (AvgIpc) is 2.05. The number of rotatable bonds is 0. The van der Waals surface area contributed by atoms with Gasteiger partial charge in [-0.1, -0.05) is 0 Å². The highest BCUT2D eigenvalue weighted by molar-refractivity contribution is 7.84. The van der Waals surface area contributed by atoms with E-state index < -0.39 is 10.1 Å². The summed E-state index contributed by atoms with van der Waals surface area (Å²) < 4.78 is 27.2. The van der Waals surface area contributed by atoms with Crippen LogP contribution in [-0.4, -0.2) is 63.4 Å². The summed E-state index contributed by atoms with van der Waals surface area (Å²) in [6.45, 7) is 8.28. The first kappa shape index (κ1) is 10.9. The predicted octanol–water partition coefficient (Wildman–Crippen LogP) is -2.64. The van der Waals surface area contributed by atoms with Gasteiger partial charge in [0, 0.05) is 25.9 Å². The maximum Gasteiger partial charge on any atom is 0.0916 e. The zero-order valence-corrected chi connectivity index (χ0v) is 8.64. The molecule has 0 amide bonds. The molecule has 78 valence electrons. The van der Waals surface area contributed by atoms with Crippen molar-refractivity contribution in [3.8, 4) is 0 Å². The van der Waals surface area contributed by atoms with Crippen LogP contribution in [0, 0.1) is 0 Å². The van der Waals surface area contributed by atoms with E-state index in [1.165, 1.54) is 39.3 Å². The lowest BCUT2D eigenvalue weighted by molar-refractivity contribution is -0.914. The number of fused-ring (bicyclic) bond motifs is 3. The van der Waals surface area contributed by atoms with Crippen molar-refractivity contribution >= 4 is 10.1 Å². The highest BCUT2D eigenvalue weighted by Crippen LogP contribution is 1.91. The summed E-state index contributed by atoms with van der Waals surface area (Å²) in [7, 11) is -3.92. The Balaban J connectivity index is 0.000000149. The summed E-state index contributed by atoms with van der Waals surface area (Å²) >= 11 is 0. The van der Waals surface area contributed by atoms with E-state index in [0.717, 1.165) is 0 Å². The topological polar surface area (TPSA) is 64.9 Å². The Kier molecular flexibility index (Phi) is 3.66. The van der Waals surface area contributed by atoms with E-state index in [0.29, 0.717) is 6.26 Å². The van der Waals surface area contributed by atoms with Gasteiger partial charge < -0.3 is 9.45 Å². The first-order valence-corrected chi connectivity index (χ1v) is 6.23. The molecule has 3 aliphatic heterocycles. The molecule has 0 aromatic carbocycles. The molecular weight excluding hydrogens is 192 g/mol. The van der Waals surface area contributed by atoms with E-state index in [-0.39, 0.29) is 0 Å². The maximum atomic E-state index is 9.08. The van der Waals surface area contributed by atoms with Crippen LogP contribution in [0.2, 0.25) is 0 Å². The zero-order chi connectivity index (χ0) is 9.90. The van der Waals surface area contributed by atoms with E-state index in [1.807, 2.05) is 4.90 Å². The molecular formula is C7H16N2O3S. The minimum atomic E-state index is -3.92. The number of hydrogen-bond donors (Lipinski definition) is 1. The van der Waals surface area contributed by atoms with Crippen molar-refractivity contribution in [3.63, 3.8) is 0 Å². The standard InChI is InChI=1S/C6H12N2.CH4O3S/c1-2-8-5-3-7(1)4-6-8;1-5(2,3)4/h1-6H2;1H3,(H,2,3,4). The Hall–Kier alpha value is -0.170. The van der Waals surface area contributed by atoms with Crippen molar-refractivity contribution in [2.45, 2.75) is 0 Å². The minimum Gasteiger partial charge on any atom is -0.748 e. The van der Waals surface area contributed by atoms with Crippen LogP contribution in [0.25, 0.3) is 0 Å². The van der Waals surface area contributed by atoms with Crippen molar-refractivity contribution in [2.75, 3.05) is 45.5 Å². The minimum absolute atomic E-state index is 0.604. The van der Waals surface area contributed by atoms with E-state index in [2.05, 4.69) is 4.90 Å². The summed E-state index contributed by atoms with van der Waals surface area (Å²) in [5.41, 5.74) is 0. The third kappa shape index (κ3) is 5.20. The van der Waals surface area contributed by atoms with Gasteiger partial charge in [0.2, 0.25) is 0 Å². The molecule has 0 saturated carbocycles. The van der Waals surface area contributed by atoms with Crippen LogP contribution in [-0.2, 0) is 10.1 Å². The van der Waals surface area contributed by atoms with Crippen molar-refractivity contribution in [1.82, 2.24) is 4.90 Å². The molecule has 0 unspecified atom stereocenters. The van der Waals surface area contributed by atoms with Crippen LogP contribution >= 0.6 is 0 Å². The van der Waals surface area contributed by atoms with Crippen molar-refractivity contribution < 1.29 is 17.9 Å². The van der Waals surface area contributed by atoms with Gasteiger partial charge in [0.05, 0.1) is 29.8 Å². The van der Waals surface area contributed by atoms with Gasteiger partial charge in [-0.3, -0.25) is 4.90 Å². The molecule has 13 heavy (non-hydrogen) atoms. The molecule has 0 aliphatic carbocycles. The van der Waals surface area contributed by atoms with Gasteiger partial charge in [0.15, 0.2) is 0 Å². The van der Waals surface area contributed by atoms with Gasteiger partial charge in [-0.05, 0) is 0 Å². The third-order valence-electron chi connectivity index (χ3n) is 2.34. The van der Waals surface area contributed by atoms with Gasteiger partial charge >= 0.3 is 0 Å². The Morgan fingerprint density at radius 1 is 1.15 bits per heavy atom. The Morgan fingerprint density at radius 3 is 1.54 bits per heavy atom. The largest absolute Gasteiger partial charge is 0.748 e. The Bertz CT molecular complexity index is 213. The van der Waals surface area contributed by atoms with Crippen molar-refractivity contribution in [3.05, 3.63) is 0 Å². The van der Waals surface area contributed by atoms with Gasteiger partial charge in [0.25, 0.3) is 0 Å². The van der Waals surface area contributed by atoms with Crippen LogP contribution in [0.3, 0.4) is 0 Å². The lowest BCUT2D eigenvalue weighted by atomic mass is 10.2. The number of piperazine rings is 3. The molecule has 3 aliphatic rings. The first-order chi connectivity index (χ1) is 5.95. The molecule has 5 nitrogen and oxygen atoms in total. The summed E-state index contributed by atoms with van der Waals surface area (Å²) in [4.78, 5) is 4.39. The number of nitrogens with zero attached hydrogens (tertiary/aromatic N) is 1. The monoisotopic (exact) mass is 208 g/mol. The van der Waals surface area contributed by atoms with Gasteiger partial charge in [-0.2, -0.15) is 0 Å². The van der Waals surface area contributed by atoms with Gasteiger partial charge in [-0.15, -0.1) is 0 Å². The Labute approximate surface area is 79.1 Å². The molecule has 0 spiro atoms. The summed E-state index contributed by atoms with van der Waals surface area (Å²) in [5, 5.41) is 0. The second-order valence-corrected chi connectivity index (χ2v) is 4.95. The zero-order valence-electron chi connectivity index (χ0n) is 7.82. The molecule has 6 heteroatoms. The predicted molar refractivity (Wildman–Crippen MR) is 47.6 cm³/mol. The average molecular weight is 208 g/mol. The second-order valence-electron chi connectivity index (χ2n) is 3.55. The number of quaternary nitrogens is 1. The van der Waals surface area contributed by atoms with Crippen molar-refractivity contribution in [2.24, 2.45) is 0 Å². The fraction of sp³-hybridized carbons (Fsp3) is 1.00. The fourth-order valence-corrected chi connectivity index (χ4v) is 1.66. The molecule has 0 radical (unpaired) electrons. The molecule has 0 atom stereocenters. The summed E-state index contributed by atoms with van der Waals surface area (Å²) in [5.74, 6) is 0. The normalized spacial score (nSPS) is 32.2. The van der Waals surface area contributed by atoms with Gasteiger partial charge in [-0.25, -0.2) is 8.42 Å².